The highest BCUT2D eigenvalue weighted by Crippen LogP contribution is 2.70. The summed E-state index contributed by atoms with van der Waals surface area (Å²) in [5.74, 6) is 4.60. The summed E-state index contributed by atoms with van der Waals surface area (Å²) in [5, 5.41) is 11.0. The van der Waals surface area contributed by atoms with Gasteiger partial charge in [-0.1, -0.05) is 53.2 Å². The van der Waals surface area contributed by atoms with Crippen LogP contribution in [0, 0.1) is 51.8 Å². The Bertz CT molecular complexity index is 772. The summed E-state index contributed by atoms with van der Waals surface area (Å²) in [4.78, 5) is 12.1. The average Bonchev–Trinajstić information content (AvgIpc) is 3.15. The van der Waals surface area contributed by atoms with Crippen molar-refractivity contribution in [2.75, 3.05) is 0 Å². The van der Waals surface area contributed by atoms with E-state index in [1.807, 2.05) is 13.8 Å². The molecule has 0 spiro atoms. The first-order valence-corrected chi connectivity index (χ1v) is 15.4. The summed E-state index contributed by atoms with van der Waals surface area (Å²) in [6, 6.07) is 0. The van der Waals surface area contributed by atoms with Gasteiger partial charge < -0.3 is 5.11 Å². The van der Waals surface area contributed by atoms with Gasteiger partial charge in [0.15, 0.2) is 5.12 Å². The van der Waals surface area contributed by atoms with Crippen molar-refractivity contribution < 1.29 is 9.90 Å². The minimum Gasteiger partial charge on any atom is -0.393 e. The Morgan fingerprint density at radius 2 is 1.60 bits per heavy atom. The van der Waals surface area contributed by atoms with Crippen LogP contribution in [0.3, 0.4) is 0 Å². The lowest BCUT2D eigenvalue weighted by atomic mass is 9.40. The molecule has 0 aromatic heterocycles. The second-order valence-corrected chi connectivity index (χ2v) is 14.2. The van der Waals surface area contributed by atoms with Crippen molar-refractivity contribution in [1.29, 1.82) is 0 Å². The smallest absolute Gasteiger partial charge is 0.186 e. The molecule has 4 saturated carbocycles. The molecule has 0 aromatic rings. The van der Waals surface area contributed by atoms with Crippen molar-refractivity contribution in [2.45, 2.75) is 132 Å². The van der Waals surface area contributed by atoms with Gasteiger partial charge in [-0.3, -0.25) is 4.79 Å². The molecule has 4 fully saturated rings. The molecular weight excluding hydrogens is 448 g/mol. The van der Waals surface area contributed by atoms with Crippen molar-refractivity contribution in [1.82, 2.24) is 0 Å². The van der Waals surface area contributed by atoms with Gasteiger partial charge in [0.05, 0.1) is 6.10 Å². The molecule has 0 aliphatic heterocycles. The van der Waals surface area contributed by atoms with Crippen LogP contribution in [-0.4, -0.2) is 16.3 Å². The lowest BCUT2D eigenvalue weighted by Gasteiger charge is -2.65. The van der Waals surface area contributed by atoms with Gasteiger partial charge in [0.2, 0.25) is 0 Å². The van der Waals surface area contributed by atoms with E-state index >= 15 is 0 Å². The zero-order chi connectivity index (χ0) is 26.2. The number of thiol groups is 1. The quantitative estimate of drug-likeness (QED) is 0.280. The van der Waals surface area contributed by atoms with E-state index in [4.69, 9.17) is 0 Å². The van der Waals surface area contributed by atoms with Crippen molar-refractivity contribution >= 4 is 17.7 Å². The number of aliphatic hydroxyl groups is 1. The third-order valence-electron chi connectivity index (χ3n) is 11.8. The molecule has 35 heavy (non-hydrogen) atoms. The normalized spacial score (nSPS) is 45.2. The van der Waals surface area contributed by atoms with Crippen molar-refractivity contribution in [2.24, 2.45) is 51.8 Å². The van der Waals surface area contributed by atoms with Crippen LogP contribution in [0.25, 0.3) is 0 Å². The monoisotopic (exact) mass is 504 g/mol. The molecule has 10 unspecified atom stereocenters. The third-order valence-corrected chi connectivity index (χ3v) is 12.0. The zero-order valence-electron chi connectivity index (χ0n) is 24.2. The van der Waals surface area contributed by atoms with E-state index in [2.05, 4.69) is 60.2 Å². The SMILES string of the molecule is CC.CC(C)=CCCC(C)C1CCC2C3CCC4C(C)(CC(=O)S)C(O)CCC4(C)C3CCC12C. The standard InChI is InChI=1S/C30H50O2S.C2H6/c1-19(2)8-7-9-20(3)22-11-12-23-21-10-13-25-29(5,24(21)14-16-28(22,23)4)17-15-26(31)30(25,6)18-27(32)33;1-2/h8,20-26,31H,7,9-18H2,1-6H3,(H,32,33);1-2H3. The van der Waals surface area contributed by atoms with Crippen LogP contribution < -0.4 is 0 Å². The minimum absolute atomic E-state index is 0.0557. The molecule has 2 nitrogen and oxygen atoms in total. The fourth-order valence-corrected chi connectivity index (χ4v) is 10.6. The second-order valence-electron chi connectivity index (χ2n) is 13.7. The molecule has 10 atom stereocenters. The summed E-state index contributed by atoms with van der Waals surface area (Å²) in [5.41, 5.74) is 1.91. The van der Waals surface area contributed by atoms with Gasteiger partial charge in [-0.05, 0) is 124 Å². The van der Waals surface area contributed by atoms with Gasteiger partial charge in [0.25, 0.3) is 0 Å². The fraction of sp³-hybridized carbons (Fsp3) is 0.906. The molecule has 1 N–H and O–H groups in total. The summed E-state index contributed by atoms with van der Waals surface area (Å²) in [6.07, 6.45) is 15.1. The van der Waals surface area contributed by atoms with Crippen LogP contribution in [0.5, 0.6) is 0 Å². The predicted molar refractivity (Wildman–Crippen MR) is 153 cm³/mol. The van der Waals surface area contributed by atoms with Crippen molar-refractivity contribution in [3.63, 3.8) is 0 Å². The molecule has 4 rings (SSSR count). The summed E-state index contributed by atoms with van der Waals surface area (Å²) < 4.78 is 0. The van der Waals surface area contributed by atoms with E-state index in [-0.39, 0.29) is 22.0 Å². The maximum atomic E-state index is 12.1. The summed E-state index contributed by atoms with van der Waals surface area (Å²) in [6.45, 7) is 18.4. The molecule has 0 heterocycles. The van der Waals surface area contributed by atoms with Crippen LogP contribution >= 0.6 is 12.6 Å². The molecule has 4 aliphatic carbocycles. The Labute approximate surface area is 222 Å². The van der Waals surface area contributed by atoms with E-state index in [1.165, 1.54) is 56.9 Å². The Morgan fingerprint density at radius 3 is 2.23 bits per heavy atom. The average molecular weight is 505 g/mol. The molecule has 0 saturated heterocycles. The van der Waals surface area contributed by atoms with E-state index in [0.717, 1.165) is 42.4 Å². The van der Waals surface area contributed by atoms with Crippen LogP contribution in [0.4, 0.5) is 0 Å². The van der Waals surface area contributed by atoms with Gasteiger partial charge in [0, 0.05) is 11.8 Å². The number of hydrogen-bond donors (Lipinski definition) is 2. The molecule has 3 heteroatoms. The highest BCUT2D eigenvalue weighted by Gasteiger charge is 2.64. The van der Waals surface area contributed by atoms with Gasteiger partial charge in [-0.2, -0.15) is 0 Å². The first kappa shape index (κ1) is 29.3. The molecule has 0 amide bonds. The number of aliphatic hydroxyl groups excluding tert-OH is 1. The van der Waals surface area contributed by atoms with Gasteiger partial charge in [0.1, 0.15) is 0 Å². The topological polar surface area (TPSA) is 37.3 Å². The van der Waals surface area contributed by atoms with E-state index in [1.54, 1.807) is 0 Å². The van der Waals surface area contributed by atoms with E-state index in [9.17, 15) is 9.90 Å². The molecule has 4 aliphatic rings. The third kappa shape index (κ3) is 5.21. The molecule has 0 aromatic carbocycles. The summed E-state index contributed by atoms with van der Waals surface area (Å²) in [7, 11) is 0. The van der Waals surface area contributed by atoms with Crippen LogP contribution in [0.15, 0.2) is 11.6 Å². The van der Waals surface area contributed by atoms with Crippen LogP contribution in [0.2, 0.25) is 0 Å². The van der Waals surface area contributed by atoms with Gasteiger partial charge in [-0.25, -0.2) is 0 Å². The van der Waals surface area contributed by atoms with Crippen molar-refractivity contribution in [3.8, 4) is 0 Å². The Balaban J connectivity index is 0.00000167. The number of rotatable bonds is 6. The van der Waals surface area contributed by atoms with Crippen LogP contribution in [-0.2, 0) is 4.79 Å². The number of allylic oxidation sites excluding steroid dienone is 2. The highest BCUT2D eigenvalue weighted by atomic mass is 32.1. The second kappa shape index (κ2) is 11.2. The Hall–Kier alpha value is -0.280. The lowest BCUT2D eigenvalue weighted by molar-refractivity contribution is -0.186. The predicted octanol–water partition coefficient (Wildman–Crippen LogP) is 8.88. The van der Waals surface area contributed by atoms with Gasteiger partial charge >= 0.3 is 0 Å². The highest BCUT2D eigenvalue weighted by molar-refractivity contribution is 7.96. The largest absolute Gasteiger partial charge is 0.393 e. The maximum absolute atomic E-state index is 12.1. The van der Waals surface area contributed by atoms with Crippen LogP contribution in [0.1, 0.15) is 126 Å². The van der Waals surface area contributed by atoms with E-state index in [0.29, 0.717) is 17.8 Å². The number of fused-ring (bicyclic) bond motifs is 5. The number of carbonyl (C=O) groups excluding carboxylic acids is 1. The van der Waals surface area contributed by atoms with Gasteiger partial charge in [-0.15, -0.1) is 12.6 Å². The fourth-order valence-electron chi connectivity index (χ4n) is 10.3. The molecule has 0 bridgehead atoms. The zero-order valence-corrected chi connectivity index (χ0v) is 25.1. The minimum atomic E-state index is -0.366. The molecule has 202 valence electrons. The van der Waals surface area contributed by atoms with E-state index < -0.39 is 0 Å². The number of hydrogen-bond acceptors (Lipinski definition) is 2. The Morgan fingerprint density at radius 1 is 0.971 bits per heavy atom. The molecular formula is C32H56O2S. The Kier molecular flexibility index (Phi) is 9.39. The maximum Gasteiger partial charge on any atom is 0.186 e. The van der Waals surface area contributed by atoms with Crippen molar-refractivity contribution in [3.05, 3.63) is 11.6 Å². The first-order valence-electron chi connectivity index (χ1n) is 15.0. The summed E-state index contributed by atoms with van der Waals surface area (Å²) >= 11 is 4.15. The lowest BCUT2D eigenvalue weighted by Crippen LogP contribution is -2.60. The molecule has 0 radical (unpaired) electrons. The number of carbonyl (C=O) groups is 1. The first-order chi connectivity index (χ1) is 16.4.